The highest BCUT2D eigenvalue weighted by Crippen LogP contribution is 2.36. The van der Waals surface area contributed by atoms with E-state index in [9.17, 15) is 4.79 Å². The third-order valence-corrected chi connectivity index (χ3v) is 6.04. The highest BCUT2D eigenvalue weighted by Gasteiger charge is 2.12. The zero-order valence-electron chi connectivity index (χ0n) is 18.6. The average molecular weight is 519 g/mol. The van der Waals surface area contributed by atoms with Crippen LogP contribution in [0.1, 0.15) is 34.1 Å². The van der Waals surface area contributed by atoms with Crippen LogP contribution in [0.5, 0.6) is 5.75 Å². The number of aromatic nitrogens is 4. The molecule has 10 heteroatoms. The molecular weight excluding hydrogens is 497 g/mol. The summed E-state index contributed by atoms with van der Waals surface area (Å²) in [4.78, 5) is 12.8. The maximum absolute atomic E-state index is 12.8. The van der Waals surface area contributed by atoms with Crippen molar-refractivity contribution in [1.82, 2.24) is 19.6 Å². The van der Waals surface area contributed by atoms with Gasteiger partial charge < -0.3 is 10.1 Å². The number of anilines is 1. The molecule has 0 saturated heterocycles. The monoisotopic (exact) mass is 517 g/mol. The zero-order valence-corrected chi connectivity index (χ0v) is 20.8. The van der Waals surface area contributed by atoms with Gasteiger partial charge in [0.15, 0.2) is 5.75 Å². The zero-order chi connectivity index (χ0) is 24.2. The Morgan fingerprint density at radius 1 is 1.09 bits per heavy atom. The predicted octanol–water partition coefficient (Wildman–Crippen LogP) is 6.25. The number of ether oxygens (including phenoxy) is 1. The first-order valence-corrected chi connectivity index (χ1v) is 11.7. The fourth-order valence-electron chi connectivity index (χ4n) is 3.48. The summed E-state index contributed by atoms with van der Waals surface area (Å²) in [6.07, 6.45) is 5.25. The Kier molecular flexibility index (Phi) is 7.46. The lowest BCUT2D eigenvalue weighted by atomic mass is 10.1. The van der Waals surface area contributed by atoms with Crippen molar-refractivity contribution >= 4 is 46.4 Å². The van der Waals surface area contributed by atoms with Crippen LogP contribution in [0, 0.1) is 6.92 Å². The second-order valence-electron chi connectivity index (χ2n) is 7.64. The number of nitrogens with zero attached hydrogens (tertiary/aromatic N) is 4. The van der Waals surface area contributed by atoms with Gasteiger partial charge in [0.2, 0.25) is 0 Å². The van der Waals surface area contributed by atoms with Gasteiger partial charge in [-0.1, -0.05) is 46.9 Å². The van der Waals surface area contributed by atoms with Crippen LogP contribution in [0.2, 0.25) is 15.1 Å². The van der Waals surface area contributed by atoms with Gasteiger partial charge in [0.25, 0.3) is 5.91 Å². The number of rotatable bonds is 8. The van der Waals surface area contributed by atoms with Gasteiger partial charge in [0.1, 0.15) is 6.61 Å². The summed E-state index contributed by atoms with van der Waals surface area (Å²) in [5, 5.41) is 12.7. The summed E-state index contributed by atoms with van der Waals surface area (Å²) in [6, 6.07) is 10.2. The number of hydrogen-bond donors (Lipinski definition) is 1. The van der Waals surface area contributed by atoms with Crippen molar-refractivity contribution < 1.29 is 9.53 Å². The van der Waals surface area contributed by atoms with E-state index in [0.29, 0.717) is 38.6 Å². The van der Waals surface area contributed by atoms with E-state index in [2.05, 4.69) is 22.4 Å². The molecule has 2 aromatic carbocycles. The van der Waals surface area contributed by atoms with Gasteiger partial charge in [-0.2, -0.15) is 10.2 Å². The van der Waals surface area contributed by atoms with Crippen LogP contribution in [0.15, 0.2) is 55.0 Å². The predicted molar refractivity (Wildman–Crippen MR) is 134 cm³/mol. The summed E-state index contributed by atoms with van der Waals surface area (Å²) in [5.74, 6) is 0.0914. The quantitative estimate of drug-likeness (QED) is 0.299. The molecule has 0 aliphatic carbocycles. The molecule has 176 valence electrons. The molecule has 4 aromatic rings. The lowest BCUT2D eigenvalue weighted by Gasteiger charge is -2.11. The number of nitrogens with one attached hydrogen (secondary N) is 1. The summed E-state index contributed by atoms with van der Waals surface area (Å²) < 4.78 is 9.47. The third-order valence-electron chi connectivity index (χ3n) is 5.26. The van der Waals surface area contributed by atoms with Crippen LogP contribution < -0.4 is 10.1 Å². The molecule has 0 spiro atoms. The molecule has 2 heterocycles. The van der Waals surface area contributed by atoms with Crippen molar-refractivity contribution in [3.05, 3.63) is 92.4 Å². The number of halogens is 3. The van der Waals surface area contributed by atoms with Gasteiger partial charge in [-0.15, -0.1) is 0 Å². The van der Waals surface area contributed by atoms with E-state index in [4.69, 9.17) is 39.5 Å². The van der Waals surface area contributed by atoms with E-state index >= 15 is 0 Å². The smallest absolute Gasteiger partial charge is 0.255 e. The Labute approximate surface area is 212 Å². The molecule has 2 aromatic heterocycles. The van der Waals surface area contributed by atoms with E-state index in [1.54, 1.807) is 47.4 Å². The summed E-state index contributed by atoms with van der Waals surface area (Å²) in [7, 11) is 0. The minimum Gasteiger partial charge on any atom is -0.486 e. The largest absolute Gasteiger partial charge is 0.486 e. The Bertz CT molecular complexity index is 1310. The minimum atomic E-state index is -0.251. The van der Waals surface area contributed by atoms with Crippen molar-refractivity contribution in [1.29, 1.82) is 0 Å². The number of carbonyl (C=O) groups is 1. The van der Waals surface area contributed by atoms with Crippen LogP contribution in [-0.4, -0.2) is 25.5 Å². The van der Waals surface area contributed by atoms with Crippen LogP contribution in [0.3, 0.4) is 0 Å². The molecule has 0 aliphatic heterocycles. The number of hydrogen-bond acceptors (Lipinski definition) is 4. The third kappa shape index (κ3) is 5.55. The van der Waals surface area contributed by atoms with Crippen molar-refractivity contribution in [2.75, 3.05) is 5.32 Å². The molecule has 7 nitrogen and oxygen atoms in total. The molecule has 0 bridgehead atoms. The summed E-state index contributed by atoms with van der Waals surface area (Å²) in [5.41, 5.74) is 4.06. The normalized spacial score (nSPS) is 11.0. The molecule has 4 rings (SSSR count). The molecule has 0 fully saturated rings. The average Bonchev–Trinajstić information content (AvgIpc) is 3.39. The van der Waals surface area contributed by atoms with Gasteiger partial charge in [-0.05, 0) is 43.7 Å². The van der Waals surface area contributed by atoms with Crippen LogP contribution in [-0.2, 0) is 19.7 Å². The lowest BCUT2D eigenvalue weighted by molar-refractivity contribution is 0.102. The fourth-order valence-corrected chi connectivity index (χ4v) is 4.40. The van der Waals surface area contributed by atoms with Gasteiger partial charge in [-0.3, -0.25) is 14.2 Å². The van der Waals surface area contributed by atoms with Crippen LogP contribution in [0.25, 0.3) is 0 Å². The fraction of sp³-hybridized carbons (Fsp3) is 0.208. The van der Waals surface area contributed by atoms with E-state index in [0.717, 1.165) is 23.4 Å². The molecule has 34 heavy (non-hydrogen) atoms. The second-order valence-corrected chi connectivity index (χ2v) is 8.89. The van der Waals surface area contributed by atoms with Gasteiger partial charge in [0.05, 0.1) is 34.7 Å². The van der Waals surface area contributed by atoms with E-state index in [-0.39, 0.29) is 12.5 Å². The van der Waals surface area contributed by atoms with Gasteiger partial charge >= 0.3 is 0 Å². The molecule has 1 amide bonds. The van der Waals surface area contributed by atoms with Crippen molar-refractivity contribution in [3.63, 3.8) is 0 Å². The first-order chi connectivity index (χ1) is 16.3. The SMILES string of the molecule is CCn1ncc(Cn2cc(NC(=O)c3cccc(COc4c(Cl)cc(Cl)cc4Cl)c3)cn2)c1C. The molecule has 1 N–H and O–H groups in total. The number of carbonyl (C=O) groups excluding carboxylic acids is 1. The molecular formula is C24H22Cl3N5O2. The Hall–Kier alpha value is -3.00. The van der Waals surface area contributed by atoms with Crippen molar-refractivity contribution in [2.24, 2.45) is 0 Å². The Balaban J connectivity index is 1.39. The first kappa shape index (κ1) is 24.1. The first-order valence-electron chi connectivity index (χ1n) is 10.6. The summed E-state index contributed by atoms with van der Waals surface area (Å²) >= 11 is 18.3. The highest BCUT2D eigenvalue weighted by molar-refractivity contribution is 6.40. The highest BCUT2D eigenvalue weighted by atomic mass is 35.5. The minimum absolute atomic E-state index is 0.185. The number of amides is 1. The maximum Gasteiger partial charge on any atom is 0.255 e. The standard InChI is InChI=1S/C24H22Cl3N5O2/c1-3-32-15(2)18(10-29-32)12-31-13-20(11-28-31)30-24(33)17-6-4-5-16(7-17)14-34-23-21(26)8-19(25)9-22(23)27/h4-11,13H,3,12,14H2,1-2H3,(H,30,33). The van der Waals surface area contributed by atoms with Gasteiger partial charge in [-0.25, -0.2) is 0 Å². The molecule has 0 unspecified atom stereocenters. The lowest BCUT2D eigenvalue weighted by Crippen LogP contribution is -2.12. The Morgan fingerprint density at radius 2 is 1.85 bits per heavy atom. The molecule has 0 aliphatic rings. The molecule has 0 saturated carbocycles. The van der Waals surface area contributed by atoms with Crippen LogP contribution in [0.4, 0.5) is 5.69 Å². The Morgan fingerprint density at radius 3 is 2.56 bits per heavy atom. The summed E-state index contributed by atoms with van der Waals surface area (Å²) in [6.45, 7) is 5.66. The van der Waals surface area contributed by atoms with E-state index < -0.39 is 0 Å². The topological polar surface area (TPSA) is 74.0 Å². The number of benzene rings is 2. The molecule has 0 radical (unpaired) electrons. The van der Waals surface area contributed by atoms with Crippen molar-refractivity contribution in [2.45, 2.75) is 33.5 Å². The van der Waals surface area contributed by atoms with E-state index in [1.807, 2.05) is 23.9 Å². The maximum atomic E-state index is 12.8. The van der Waals surface area contributed by atoms with Crippen molar-refractivity contribution in [3.8, 4) is 5.75 Å². The number of aryl methyl sites for hydroxylation is 1. The van der Waals surface area contributed by atoms with Crippen LogP contribution >= 0.6 is 34.8 Å². The second kappa shape index (κ2) is 10.5. The van der Waals surface area contributed by atoms with E-state index in [1.165, 1.54) is 0 Å². The van der Waals surface area contributed by atoms with Gasteiger partial charge in [0, 0.05) is 34.6 Å². The molecule has 0 atom stereocenters.